The van der Waals surface area contributed by atoms with Crippen LogP contribution in [0.5, 0.6) is 0 Å². The van der Waals surface area contributed by atoms with Gasteiger partial charge in [-0.25, -0.2) is 9.97 Å². The summed E-state index contributed by atoms with van der Waals surface area (Å²) in [6, 6.07) is 12.7. The molecule has 4 rings (SSSR count). The summed E-state index contributed by atoms with van der Waals surface area (Å²) in [5, 5.41) is 2.25. The number of thioether (sulfide) groups is 1. The average molecular weight is 342 g/mol. The van der Waals surface area contributed by atoms with Gasteiger partial charge in [-0.2, -0.15) is 0 Å². The summed E-state index contributed by atoms with van der Waals surface area (Å²) in [6.07, 6.45) is 2.72. The van der Waals surface area contributed by atoms with Crippen molar-refractivity contribution in [2.75, 3.05) is 12.4 Å². The van der Waals surface area contributed by atoms with E-state index in [1.807, 2.05) is 13.0 Å². The molecule has 1 atom stereocenters. The summed E-state index contributed by atoms with van der Waals surface area (Å²) >= 11 is 3.54. The van der Waals surface area contributed by atoms with E-state index in [1.165, 1.54) is 28.7 Å². The van der Waals surface area contributed by atoms with Crippen molar-refractivity contribution in [2.24, 2.45) is 0 Å². The molecule has 3 nitrogen and oxygen atoms in total. The number of aromatic nitrogens is 2. The van der Waals surface area contributed by atoms with Gasteiger partial charge in [0.15, 0.2) is 0 Å². The maximum absolute atomic E-state index is 5.73. The van der Waals surface area contributed by atoms with Crippen molar-refractivity contribution < 1.29 is 4.74 Å². The first-order chi connectivity index (χ1) is 11.3. The Morgan fingerprint density at radius 3 is 2.91 bits per heavy atom. The monoisotopic (exact) mass is 342 g/mol. The average Bonchev–Trinajstić information content (AvgIpc) is 3.22. The normalized spacial score (nSPS) is 17.9. The molecule has 0 aliphatic carbocycles. The maximum Gasteiger partial charge on any atom is 0.128 e. The molecule has 0 N–H and O–H groups in total. The first-order valence-corrected chi connectivity index (χ1v) is 9.68. The molecule has 1 unspecified atom stereocenters. The van der Waals surface area contributed by atoms with Gasteiger partial charge in [0, 0.05) is 22.6 Å². The number of hydrogen-bond donors (Lipinski definition) is 0. The van der Waals surface area contributed by atoms with E-state index >= 15 is 0 Å². The second-order valence-corrected chi connectivity index (χ2v) is 7.76. The Morgan fingerprint density at radius 2 is 2.13 bits per heavy atom. The molecule has 1 aliphatic heterocycles. The second-order valence-electron chi connectivity index (χ2n) is 5.72. The van der Waals surface area contributed by atoms with Gasteiger partial charge in [0.05, 0.1) is 6.10 Å². The molecule has 0 amide bonds. The second kappa shape index (κ2) is 6.59. The fraction of sp³-hybridized carbons (Fsp3) is 0.333. The van der Waals surface area contributed by atoms with Crippen molar-refractivity contribution in [1.82, 2.24) is 9.97 Å². The summed E-state index contributed by atoms with van der Waals surface area (Å²) in [5.74, 6) is 1.82. The first-order valence-electron chi connectivity index (χ1n) is 7.87. The van der Waals surface area contributed by atoms with E-state index in [2.05, 4.69) is 40.3 Å². The van der Waals surface area contributed by atoms with Gasteiger partial charge in [-0.3, -0.25) is 0 Å². The van der Waals surface area contributed by atoms with Gasteiger partial charge in [-0.1, -0.05) is 30.3 Å². The van der Waals surface area contributed by atoms with E-state index in [9.17, 15) is 0 Å². The third kappa shape index (κ3) is 3.27. The lowest BCUT2D eigenvalue weighted by molar-refractivity contribution is 0.129. The Balaban J connectivity index is 1.67. The van der Waals surface area contributed by atoms with Crippen molar-refractivity contribution in [2.45, 2.75) is 30.9 Å². The lowest BCUT2D eigenvalue weighted by Crippen LogP contribution is -2.08. The van der Waals surface area contributed by atoms with Gasteiger partial charge in [0.1, 0.15) is 15.7 Å². The Kier molecular flexibility index (Phi) is 4.33. The van der Waals surface area contributed by atoms with Gasteiger partial charge in [0.25, 0.3) is 0 Å². The Hall–Kier alpha value is -1.43. The Bertz CT molecular complexity index is 811. The van der Waals surface area contributed by atoms with E-state index in [0.29, 0.717) is 6.10 Å². The highest BCUT2D eigenvalue weighted by atomic mass is 32.2. The van der Waals surface area contributed by atoms with E-state index in [1.54, 1.807) is 23.1 Å². The summed E-state index contributed by atoms with van der Waals surface area (Å²) in [4.78, 5) is 11.6. The number of aryl methyl sites for hydroxylation is 1. The van der Waals surface area contributed by atoms with Crippen LogP contribution < -0.4 is 0 Å². The van der Waals surface area contributed by atoms with E-state index in [4.69, 9.17) is 4.74 Å². The van der Waals surface area contributed by atoms with E-state index in [-0.39, 0.29) is 0 Å². The van der Waals surface area contributed by atoms with Crippen molar-refractivity contribution >= 4 is 33.3 Å². The summed E-state index contributed by atoms with van der Waals surface area (Å²) in [5.41, 5.74) is 1.24. The van der Waals surface area contributed by atoms with Gasteiger partial charge >= 0.3 is 0 Å². The zero-order chi connectivity index (χ0) is 15.6. The standard InChI is InChI=1S/C18H18N2OS2/c1-12-19-17(22-11-14-8-5-9-21-14)15-10-16(23-18(15)20-12)13-6-3-2-4-7-13/h2-4,6-7,10,14H,5,8-9,11H2,1H3. The molecule has 3 heterocycles. The zero-order valence-electron chi connectivity index (χ0n) is 13.0. The van der Waals surface area contributed by atoms with Crippen LogP contribution >= 0.6 is 23.1 Å². The first kappa shape index (κ1) is 15.1. The lowest BCUT2D eigenvalue weighted by atomic mass is 10.2. The number of rotatable bonds is 4. The van der Waals surface area contributed by atoms with E-state index in [0.717, 1.165) is 28.0 Å². The third-order valence-corrected chi connectivity index (χ3v) is 6.16. The third-order valence-electron chi connectivity index (χ3n) is 3.96. The molecule has 2 aromatic heterocycles. The van der Waals surface area contributed by atoms with Gasteiger partial charge in [-0.15, -0.1) is 23.1 Å². The Labute approximate surface area is 144 Å². The number of thiophene rings is 1. The van der Waals surface area contributed by atoms with Crippen LogP contribution in [0.1, 0.15) is 18.7 Å². The Morgan fingerprint density at radius 1 is 1.26 bits per heavy atom. The highest BCUT2D eigenvalue weighted by molar-refractivity contribution is 7.99. The quantitative estimate of drug-likeness (QED) is 0.497. The van der Waals surface area contributed by atoms with Crippen LogP contribution in [0.4, 0.5) is 0 Å². The molecule has 3 aromatic rings. The number of nitrogens with zero attached hydrogens (tertiary/aromatic N) is 2. The molecular weight excluding hydrogens is 324 g/mol. The summed E-state index contributed by atoms with van der Waals surface area (Å²) in [6.45, 7) is 2.87. The van der Waals surface area contributed by atoms with Crippen LogP contribution in [-0.4, -0.2) is 28.4 Å². The lowest BCUT2D eigenvalue weighted by Gasteiger charge is -2.08. The summed E-state index contributed by atoms with van der Waals surface area (Å²) in [7, 11) is 0. The molecule has 1 aliphatic rings. The largest absolute Gasteiger partial charge is 0.377 e. The van der Waals surface area contributed by atoms with Crippen molar-refractivity contribution in [1.29, 1.82) is 0 Å². The molecule has 0 spiro atoms. The molecule has 118 valence electrons. The summed E-state index contributed by atoms with van der Waals surface area (Å²) < 4.78 is 5.73. The number of fused-ring (bicyclic) bond motifs is 1. The smallest absolute Gasteiger partial charge is 0.128 e. The van der Waals surface area contributed by atoms with Gasteiger partial charge in [-0.05, 0) is 31.4 Å². The van der Waals surface area contributed by atoms with Crippen molar-refractivity contribution in [3.8, 4) is 10.4 Å². The minimum Gasteiger partial charge on any atom is -0.377 e. The number of hydrogen-bond acceptors (Lipinski definition) is 5. The van der Waals surface area contributed by atoms with Crippen LogP contribution in [-0.2, 0) is 4.74 Å². The maximum atomic E-state index is 5.73. The van der Waals surface area contributed by atoms with Crippen LogP contribution in [0.3, 0.4) is 0 Å². The fourth-order valence-corrected chi connectivity index (χ4v) is 5.06. The van der Waals surface area contributed by atoms with Gasteiger partial charge in [0.2, 0.25) is 0 Å². The molecule has 1 fully saturated rings. The molecule has 0 radical (unpaired) electrons. The SMILES string of the molecule is Cc1nc(SCC2CCCO2)c2cc(-c3ccccc3)sc2n1. The minimum atomic E-state index is 0.373. The highest BCUT2D eigenvalue weighted by Crippen LogP contribution is 2.37. The molecule has 1 saturated heterocycles. The molecule has 5 heteroatoms. The molecule has 1 aromatic carbocycles. The predicted molar refractivity (Wildman–Crippen MR) is 97.3 cm³/mol. The van der Waals surface area contributed by atoms with Crippen molar-refractivity contribution in [3.05, 3.63) is 42.2 Å². The van der Waals surface area contributed by atoms with Crippen LogP contribution in [0.25, 0.3) is 20.7 Å². The number of benzene rings is 1. The van der Waals surface area contributed by atoms with Crippen LogP contribution in [0.2, 0.25) is 0 Å². The van der Waals surface area contributed by atoms with Crippen molar-refractivity contribution in [3.63, 3.8) is 0 Å². The fourth-order valence-electron chi connectivity index (χ4n) is 2.80. The van der Waals surface area contributed by atoms with Crippen LogP contribution in [0.15, 0.2) is 41.4 Å². The molecule has 0 bridgehead atoms. The predicted octanol–water partition coefficient (Wildman–Crippen LogP) is 4.94. The van der Waals surface area contributed by atoms with E-state index < -0.39 is 0 Å². The number of ether oxygens (including phenoxy) is 1. The molecule has 23 heavy (non-hydrogen) atoms. The van der Waals surface area contributed by atoms with Gasteiger partial charge < -0.3 is 4.74 Å². The minimum absolute atomic E-state index is 0.373. The van der Waals surface area contributed by atoms with Crippen LogP contribution in [0, 0.1) is 6.92 Å². The molecular formula is C18H18N2OS2. The topological polar surface area (TPSA) is 35.0 Å². The highest BCUT2D eigenvalue weighted by Gasteiger charge is 2.18. The molecule has 0 saturated carbocycles. The zero-order valence-corrected chi connectivity index (χ0v) is 14.6.